The van der Waals surface area contributed by atoms with E-state index in [1.54, 1.807) is 0 Å². The molecule has 0 amide bonds. The second kappa shape index (κ2) is 7.42. The number of benzene rings is 1. The zero-order chi connectivity index (χ0) is 14.7. The number of hydrogen-bond donors (Lipinski definition) is 2. The average molecular weight is 374 g/mol. The standard InChI is InChI=1S/C16H22BrClN2O/c17-12-5-4-11(14(18)8-12)9-20-15-3-1-2-13(15)16-10-21-7-6-19-16/h4-5,8,13,15-16,19-20H,1-3,6-7,9-10H2. The predicted octanol–water partition coefficient (Wildman–Crippen LogP) is 3.35. The quantitative estimate of drug-likeness (QED) is 0.849. The van der Waals surface area contributed by atoms with Crippen molar-refractivity contribution in [2.45, 2.75) is 37.9 Å². The van der Waals surface area contributed by atoms with Crippen LogP contribution in [0.15, 0.2) is 22.7 Å². The molecule has 21 heavy (non-hydrogen) atoms. The van der Waals surface area contributed by atoms with Gasteiger partial charge in [0.2, 0.25) is 0 Å². The van der Waals surface area contributed by atoms with E-state index < -0.39 is 0 Å². The molecule has 2 fully saturated rings. The molecule has 1 saturated heterocycles. The van der Waals surface area contributed by atoms with Crippen LogP contribution in [0.2, 0.25) is 5.02 Å². The van der Waals surface area contributed by atoms with Crippen molar-refractivity contribution >= 4 is 27.5 Å². The largest absolute Gasteiger partial charge is 0.379 e. The Morgan fingerprint density at radius 2 is 2.29 bits per heavy atom. The molecular weight excluding hydrogens is 352 g/mol. The van der Waals surface area contributed by atoms with Gasteiger partial charge in [-0.15, -0.1) is 0 Å². The molecule has 116 valence electrons. The summed E-state index contributed by atoms with van der Waals surface area (Å²) in [6, 6.07) is 7.15. The summed E-state index contributed by atoms with van der Waals surface area (Å²) in [5, 5.41) is 8.15. The van der Waals surface area contributed by atoms with Crippen molar-refractivity contribution in [2.75, 3.05) is 19.8 Å². The maximum atomic E-state index is 6.30. The summed E-state index contributed by atoms with van der Waals surface area (Å²) < 4.78 is 6.65. The molecule has 2 N–H and O–H groups in total. The minimum absolute atomic E-state index is 0.499. The Balaban J connectivity index is 1.58. The molecule has 1 heterocycles. The topological polar surface area (TPSA) is 33.3 Å². The second-order valence-corrected chi connectivity index (χ2v) is 7.28. The lowest BCUT2D eigenvalue weighted by Crippen LogP contribution is -2.50. The third-order valence-electron chi connectivity index (χ3n) is 4.61. The molecule has 5 heteroatoms. The summed E-state index contributed by atoms with van der Waals surface area (Å²) >= 11 is 9.75. The third kappa shape index (κ3) is 3.99. The van der Waals surface area contributed by atoms with Crippen LogP contribution in [0.3, 0.4) is 0 Å². The number of hydrogen-bond acceptors (Lipinski definition) is 3. The number of ether oxygens (including phenoxy) is 1. The van der Waals surface area contributed by atoms with Crippen LogP contribution in [0.4, 0.5) is 0 Å². The molecule has 3 atom stereocenters. The zero-order valence-corrected chi connectivity index (χ0v) is 14.4. The molecule has 1 aromatic carbocycles. The Labute approximate surface area is 139 Å². The summed E-state index contributed by atoms with van der Waals surface area (Å²) in [6.07, 6.45) is 3.83. The maximum Gasteiger partial charge on any atom is 0.0623 e. The van der Waals surface area contributed by atoms with Crippen LogP contribution in [-0.2, 0) is 11.3 Å². The summed E-state index contributed by atoms with van der Waals surface area (Å²) in [7, 11) is 0. The lowest BCUT2D eigenvalue weighted by atomic mass is 9.94. The van der Waals surface area contributed by atoms with Gasteiger partial charge in [0.1, 0.15) is 0 Å². The fourth-order valence-corrected chi connectivity index (χ4v) is 4.23. The van der Waals surface area contributed by atoms with Crippen molar-refractivity contribution in [3.8, 4) is 0 Å². The predicted molar refractivity (Wildman–Crippen MR) is 89.7 cm³/mol. The normalized spacial score (nSPS) is 29.7. The minimum Gasteiger partial charge on any atom is -0.379 e. The van der Waals surface area contributed by atoms with Crippen LogP contribution in [0.1, 0.15) is 24.8 Å². The molecule has 3 unspecified atom stereocenters. The van der Waals surface area contributed by atoms with Crippen LogP contribution in [0.5, 0.6) is 0 Å². The number of nitrogens with one attached hydrogen (secondary N) is 2. The molecule has 2 aliphatic rings. The van der Waals surface area contributed by atoms with Crippen molar-refractivity contribution in [3.05, 3.63) is 33.3 Å². The van der Waals surface area contributed by atoms with E-state index in [9.17, 15) is 0 Å². The molecule has 0 aromatic heterocycles. The summed E-state index contributed by atoms with van der Waals surface area (Å²) in [5.41, 5.74) is 1.17. The van der Waals surface area contributed by atoms with E-state index in [-0.39, 0.29) is 0 Å². The fraction of sp³-hybridized carbons (Fsp3) is 0.625. The van der Waals surface area contributed by atoms with E-state index in [1.807, 2.05) is 12.1 Å². The fourth-order valence-electron chi connectivity index (χ4n) is 3.49. The number of morpholine rings is 1. The van der Waals surface area contributed by atoms with Gasteiger partial charge in [0.15, 0.2) is 0 Å². The zero-order valence-electron chi connectivity index (χ0n) is 12.1. The highest BCUT2D eigenvalue weighted by Crippen LogP contribution is 2.30. The van der Waals surface area contributed by atoms with Crippen molar-refractivity contribution in [1.29, 1.82) is 0 Å². The second-order valence-electron chi connectivity index (χ2n) is 5.95. The van der Waals surface area contributed by atoms with Gasteiger partial charge >= 0.3 is 0 Å². The molecule has 1 aliphatic carbocycles. The van der Waals surface area contributed by atoms with Crippen LogP contribution in [0, 0.1) is 5.92 Å². The Kier molecular flexibility index (Phi) is 5.57. The SMILES string of the molecule is Clc1cc(Br)ccc1CNC1CCCC1C1COCCN1. The highest BCUT2D eigenvalue weighted by Gasteiger charge is 2.34. The average Bonchev–Trinajstić information content (AvgIpc) is 2.96. The highest BCUT2D eigenvalue weighted by atomic mass is 79.9. The highest BCUT2D eigenvalue weighted by molar-refractivity contribution is 9.10. The minimum atomic E-state index is 0.499. The molecule has 1 aliphatic heterocycles. The van der Waals surface area contributed by atoms with E-state index in [0.717, 1.165) is 35.8 Å². The first-order chi connectivity index (χ1) is 10.2. The van der Waals surface area contributed by atoms with E-state index in [1.165, 1.54) is 24.8 Å². The van der Waals surface area contributed by atoms with Gasteiger partial charge in [0.05, 0.1) is 13.2 Å². The van der Waals surface area contributed by atoms with Crippen molar-refractivity contribution < 1.29 is 4.74 Å². The van der Waals surface area contributed by atoms with Crippen LogP contribution < -0.4 is 10.6 Å². The van der Waals surface area contributed by atoms with Gasteiger partial charge in [-0.1, -0.05) is 40.0 Å². The molecule has 0 radical (unpaired) electrons. The first kappa shape index (κ1) is 15.8. The van der Waals surface area contributed by atoms with Crippen molar-refractivity contribution in [2.24, 2.45) is 5.92 Å². The molecule has 1 saturated carbocycles. The van der Waals surface area contributed by atoms with E-state index >= 15 is 0 Å². The van der Waals surface area contributed by atoms with Gasteiger partial charge in [-0.2, -0.15) is 0 Å². The lowest BCUT2D eigenvalue weighted by Gasteiger charge is -2.33. The Hall–Kier alpha value is -0.130. The summed E-state index contributed by atoms with van der Waals surface area (Å²) in [6.45, 7) is 3.50. The van der Waals surface area contributed by atoms with Crippen molar-refractivity contribution in [3.63, 3.8) is 0 Å². The van der Waals surface area contributed by atoms with Gasteiger partial charge in [0, 0.05) is 34.7 Å². The summed E-state index contributed by atoms with van der Waals surface area (Å²) in [4.78, 5) is 0. The van der Waals surface area contributed by atoms with Gasteiger partial charge in [-0.05, 0) is 36.5 Å². The Morgan fingerprint density at radius 3 is 3.05 bits per heavy atom. The Morgan fingerprint density at radius 1 is 1.38 bits per heavy atom. The Bertz CT molecular complexity index is 479. The summed E-state index contributed by atoms with van der Waals surface area (Å²) in [5.74, 6) is 0.666. The van der Waals surface area contributed by atoms with Gasteiger partial charge in [-0.25, -0.2) is 0 Å². The van der Waals surface area contributed by atoms with E-state index in [2.05, 4.69) is 32.6 Å². The van der Waals surface area contributed by atoms with Crippen LogP contribution >= 0.6 is 27.5 Å². The van der Waals surface area contributed by atoms with Gasteiger partial charge in [0.25, 0.3) is 0 Å². The monoisotopic (exact) mass is 372 g/mol. The molecular formula is C16H22BrClN2O. The third-order valence-corrected chi connectivity index (χ3v) is 5.45. The molecule has 0 bridgehead atoms. The lowest BCUT2D eigenvalue weighted by molar-refractivity contribution is 0.0524. The van der Waals surface area contributed by atoms with E-state index in [4.69, 9.17) is 16.3 Å². The molecule has 0 spiro atoms. The molecule has 3 nitrogen and oxygen atoms in total. The maximum absolute atomic E-state index is 6.30. The number of halogens is 2. The van der Waals surface area contributed by atoms with Gasteiger partial charge in [-0.3, -0.25) is 0 Å². The number of rotatable bonds is 4. The van der Waals surface area contributed by atoms with Gasteiger partial charge < -0.3 is 15.4 Å². The van der Waals surface area contributed by atoms with Crippen LogP contribution in [0.25, 0.3) is 0 Å². The van der Waals surface area contributed by atoms with Crippen molar-refractivity contribution in [1.82, 2.24) is 10.6 Å². The smallest absolute Gasteiger partial charge is 0.0623 e. The molecule has 3 rings (SSSR count). The first-order valence-corrected chi connectivity index (χ1v) is 8.89. The van der Waals surface area contributed by atoms with E-state index in [0.29, 0.717) is 18.0 Å². The molecule has 1 aromatic rings. The first-order valence-electron chi connectivity index (χ1n) is 7.72. The van der Waals surface area contributed by atoms with Crippen LogP contribution in [-0.4, -0.2) is 31.8 Å².